The Morgan fingerprint density at radius 3 is 2.18 bits per heavy atom. The van der Waals surface area contributed by atoms with E-state index in [1.807, 2.05) is 0 Å². The summed E-state index contributed by atoms with van der Waals surface area (Å²) < 4.78 is 70.2. The van der Waals surface area contributed by atoms with Crippen LogP contribution in [0.2, 0.25) is 0 Å². The van der Waals surface area contributed by atoms with Crippen molar-refractivity contribution in [3.05, 3.63) is 102 Å². The third kappa shape index (κ3) is 5.74. The number of anilines is 1. The largest absolute Gasteiger partial charge is 0.408 e. The molecule has 0 aliphatic carbocycles. The van der Waals surface area contributed by atoms with Crippen LogP contribution < -0.4 is 4.72 Å². The third-order valence-electron chi connectivity index (χ3n) is 6.66. The number of nitrogens with zero attached hydrogens (tertiary/aromatic N) is 3. The van der Waals surface area contributed by atoms with Gasteiger partial charge in [0.05, 0.1) is 5.52 Å². The van der Waals surface area contributed by atoms with Crippen molar-refractivity contribution in [2.75, 3.05) is 30.9 Å². The van der Waals surface area contributed by atoms with Crippen LogP contribution in [0.3, 0.4) is 0 Å². The Balaban J connectivity index is 1.25. The minimum Gasteiger partial charge on any atom is -0.336 e. The number of hydrogen-bond acceptors (Lipinski definition) is 5. The highest BCUT2D eigenvalue weighted by atomic mass is 32.2. The molecule has 1 saturated heterocycles. The second-order valence-corrected chi connectivity index (χ2v) is 10.8. The molecule has 11 heteroatoms. The number of fused-ring (bicyclic) bond motifs is 1. The maximum atomic E-state index is 13.9. The molecule has 1 unspecified atom stereocenters. The molecule has 1 aliphatic rings. The topological polar surface area (TPSA) is 82.6 Å². The number of aromatic nitrogens is 1. The van der Waals surface area contributed by atoms with Gasteiger partial charge in [-0.2, -0.15) is 13.2 Å². The molecule has 0 saturated carbocycles. The van der Waals surface area contributed by atoms with Gasteiger partial charge in [0.2, 0.25) is 0 Å². The molecule has 1 amide bonds. The van der Waals surface area contributed by atoms with Crippen LogP contribution in [0.15, 0.2) is 96.0 Å². The van der Waals surface area contributed by atoms with Crippen LogP contribution in [0.25, 0.3) is 10.9 Å². The monoisotopic (exact) mass is 554 g/mol. The number of nitrogens with one attached hydrogen (secondary N) is 1. The van der Waals surface area contributed by atoms with E-state index in [9.17, 15) is 26.4 Å². The van der Waals surface area contributed by atoms with Crippen molar-refractivity contribution in [3.8, 4) is 0 Å². The van der Waals surface area contributed by atoms with Gasteiger partial charge in [-0.1, -0.05) is 48.5 Å². The van der Waals surface area contributed by atoms with Gasteiger partial charge < -0.3 is 4.90 Å². The van der Waals surface area contributed by atoms with Gasteiger partial charge in [-0.3, -0.25) is 19.4 Å². The highest BCUT2D eigenvalue weighted by Gasteiger charge is 2.45. The molecule has 0 spiro atoms. The number of rotatable bonds is 6. The van der Waals surface area contributed by atoms with Crippen LogP contribution in [0.5, 0.6) is 0 Å². The van der Waals surface area contributed by atoms with E-state index in [-0.39, 0.29) is 48.2 Å². The number of sulfonamides is 1. The predicted molar refractivity (Wildman–Crippen MR) is 142 cm³/mol. The van der Waals surface area contributed by atoms with E-state index in [0.29, 0.717) is 16.5 Å². The van der Waals surface area contributed by atoms with E-state index < -0.39 is 22.2 Å². The maximum Gasteiger partial charge on any atom is 0.408 e. The van der Waals surface area contributed by atoms with E-state index in [2.05, 4.69) is 9.71 Å². The van der Waals surface area contributed by atoms with Crippen molar-refractivity contribution >= 4 is 32.5 Å². The Morgan fingerprint density at radius 1 is 0.846 bits per heavy atom. The Kier molecular flexibility index (Phi) is 7.28. The number of pyridine rings is 1. The number of halogens is 3. The Morgan fingerprint density at radius 2 is 1.51 bits per heavy atom. The summed E-state index contributed by atoms with van der Waals surface area (Å²) in [5.41, 5.74) is 1.09. The molecule has 1 fully saturated rings. The van der Waals surface area contributed by atoms with E-state index >= 15 is 0 Å². The molecule has 0 bridgehead atoms. The quantitative estimate of drug-likeness (QED) is 0.359. The number of alkyl halides is 3. The van der Waals surface area contributed by atoms with Crippen LogP contribution in [-0.2, 0) is 10.0 Å². The van der Waals surface area contributed by atoms with Crippen LogP contribution in [0.4, 0.5) is 18.9 Å². The summed E-state index contributed by atoms with van der Waals surface area (Å²) in [6.45, 7) is 0.422. The summed E-state index contributed by atoms with van der Waals surface area (Å²) in [6.07, 6.45) is -2.93. The van der Waals surface area contributed by atoms with Gasteiger partial charge in [0.25, 0.3) is 15.9 Å². The van der Waals surface area contributed by atoms with Crippen molar-refractivity contribution in [2.24, 2.45) is 0 Å². The molecule has 202 valence electrons. The van der Waals surface area contributed by atoms with E-state index in [0.717, 1.165) is 0 Å². The number of carbonyl (C=O) groups is 1. The normalized spacial score (nSPS) is 15.7. The fourth-order valence-electron chi connectivity index (χ4n) is 4.79. The minimum absolute atomic E-state index is 0.0336. The number of piperazine rings is 1. The molecular weight excluding hydrogens is 529 g/mol. The van der Waals surface area contributed by atoms with Crippen molar-refractivity contribution in [1.82, 2.24) is 14.8 Å². The first-order valence-corrected chi connectivity index (χ1v) is 13.7. The summed E-state index contributed by atoms with van der Waals surface area (Å²) in [7, 11) is -3.95. The first-order valence-electron chi connectivity index (χ1n) is 12.2. The highest BCUT2D eigenvalue weighted by molar-refractivity contribution is 7.93. The van der Waals surface area contributed by atoms with Crippen LogP contribution in [0.1, 0.15) is 22.0 Å². The third-order valence-corrected chi connectivity index (χ3v) is 8.07. The lowest BCUT2D eigenvalue weighted by Crippen LogP contribution is -2.52. The molecule has 2 heterocycles. The first kappa shape index (κ1) is 26.6. The molecule has 7 nitrogen and oxygen atoms in total. The van der Waals surface area contributed by atoms with E-state index in [1.165, 1.54) is 58.5 Å². The molecule has 39 heavy (non-hydrogen) atoms. The number of carbonyl (C=O) groups excluding carboxylic acids is 1. The molecule has 3 aromatic carbocycles. The minimum atomic E-state index is -4.45. The van der Waals surface area contributed by atoms with Crippen molar-refractivity contribution in [1.29, 1.82) is 0 Å². The number of para-hydroxylation sites is 1. The molecule has 1 aromatic heterocycles. The maximum absolute atomic E-state index is 13.9. The fraction of sp³-hybridized carbons (Fsp3) is 0.214. The molecule has 4 aromatic rings. The van der Waals surface area contributed by atoms with Crippen molar-refractivity contribution in [2.45, 2.75) is 17.1 Å². The molecule has 1 aliphatic heterocycles. The number of amides is 1. The Labute approximate surface area is 223 Å². The van der Waals surface area contributed by atoms with Crippen LogP contribution in [0, 0.1) is 0 Å². The van der Waals surface area contributed by atoms with E-state index in [4.69, 9.17) is 0 Å². The SMILES string of the molecule is O=C(c1ccc(NS(=O)(=O)c2cccc3cccnc23)cc1)N1CCN(C(c2ccccc2)C(F)(F)F)CC1. The number of benzene rings is 3. The summed E-state index contributed by atoms with van der Waals surface area (Å²) >= 11 is 0. The summed E-state index contributed by atoms with van der Waals surface area (Å²) in [5.74, 6) is -0.328. The standard InChI is InChI=1S/C28H25F3N4O3S/c29-28(30,31)26(21-6-2-1-3-7-21)34-16-18-35(19-17-34)27(36)22-11-13-23(14-12-22)33-39(37,38)24-10-4-8-20-9-5-15-32-25(20)24/h1-15,26,33H,16-19H2. The van der Waals surface area contributed by atoms with Crippen molar-refractivity contribution in [3.63, 3.8) is 0 Å². The second kappa shape index (κ2) is 10.7. The van der Waals surface area contributed by atoms with Gasteiger partial charge >= 0.3 is 6.18 Å². The summed E-state index contributed by atoms with van der Waals surface area (Å²) in [6, 6.07) is 20.3. The lowest BCUT2D eigenvalue weighted by molar-refractivity contribution is -0.189. The van der Waals surface area contributed by atoms with Gasteiger partial charge in [-0.25, -0.2) is 8.42 Å². The smallest absolute Gasteiger partial charge is 0.336 e. The fourth-order valence-corrected chi connectivity index (χ4v) is 6.03. The molecule has 0 radical (unpaired) electrons. The molecular formula is C28H25F3N4O3S. The number of hydrogen-bond donors (Lipinski definition) is 1. The van der Waals surface area contributed by atoms with Crippen LogP contribution in [-0.4, -0.2) is 61.5 Å². The zero-order valence-corrected chi connectivity index (χ0v) is 21.5. The Hall–Kier alpha value is -3.96. The highest BCUT2D eigenvalue weighted by Crippen LogP contribution is 2.38. The van der Waals surface area contributed by atoms with Gasteiger partial charge in [0.15, 0.2) is 0 Å². The van der Waals surface area contributed by atoms with Gasteiger partial charge in [0.1, 0.15) is 10.9 Å². The molecule has 5 rings (SSSR count). The second-order valence-electron chi connectivity index (χ2n) is 9.20. The zero-order valence-electron chi connectivity index (χ0n) is 20.7. The predicted octanol–water partition coefficient (Wildman–Crippen LogP) is 5.10. The van der Waals surface area contributed by atoms with Crippen LogP contribution >= 0.6 is 0 Å². The van der Waals surface area contributed by atoms with E-state index in [1.54, 1.807) is 42.5 Å². The Bertz CT molecular complexity index is 1570. The molecule has 1 N–H and O–H groups in total. The van der Waals surface area contributed by atoms with Crippen molar-refractivity contribution < 1.29 is 26.4 Å². The lowest BCUT2D eigenvalue weighted by atomic mass is 10.0. The van der Waals surface area contributed by atoms with Gasteiger partial charge in [0, 0.05) is 49.0 Å². The summed E-state index contributed by atoms with van der Waals surface area (Å²) in [5, 5.41) is 0.687. The summed E-state index contributed by atoms with van der Waals surface area (Å²) in [4.78, 5) is 20.1. The average Bonchev–Trinajstić information content (AvgIpc) is 2.93. The lowest BCUT2D eigenvalue weighted by Gasteiger charge is -2.40. The van der Waals surface area contributed by atoms with Gasteiger partial charge in [-0.05, 0) is 42.0 Å². The molecule has 1 atom stereocenters. The first-order chi connectivity index (χ1) is 18.6. The zero-order chi connectivity index (χ0) is 27.6. The van der Waals surface area contributed by atoms with Gasteiger partial charge in [-0.15, -0.1) is 0 Å². The average molecular weight is 555 g/mol.